The number of halogens is 1. The van der Waals surface area contributed by atoms with E-state index in [0.717, 1.165) is 10.6 Å². The normalized spacial score (nSPS) is 17.2. The number of nitrogens with one attached hydrogen (secondary N) is 1. The molecule has 0 aromatic heterocycles. The number of amides is 1. The summed E-state index contributed by atoms with van der Waals surface area (Å²) in [5, 5.41) is 3.40. The van der Waals surface area contributed by atoms with Crippen molar-refractivity contribution in [3.8, 4) is 11.5 Å². The third-order valence-electron chi connectivity index (χ3n) is 3.57. The highest BCUT2D eigenvalue weighted by molar-refractivity contribution is 8.00. The zero-order valence-electron chi connectivity index (χ0n) is 13.2. The van der Waals surface area contributed by atoms with E-state index in [1.165, 1.54) is 11.8 Å². The Labute approximate surface area is 150 Å². The number of rotatable bonds is 5. The summed E-state index contributed by atoms with van der Waals surface area (Å²) >= 11 is 7.36. The SMILES string of the molecule is C[C@@H](Sc1ccc(Cl)cc1)C(=O)NC[C@H]1COc2ccccc2O1. The van der Waals surface area contributed by atoms with Gasteiger partial charge < -0.3 is 14.8 Å². The number of thioether (sulfide) groups is 1. The zero-order valence-corrected chi connectivity index (χ0v) is 14.8. The average molecular weight is 364 g/mol. The van der Waals surface area contributed by atoms with Crippen LogP contribution in [0.25, 0.3) is 0 Å². The van der Waals surface area contributed by atoms with Gasteiger partial charge in [-0.1, -0.05) is 23.7 Å². The van der Waals surface area contributed by atoms with Crippen molar-refractivity contribution in [3.63, 3.8) is 0 Å². The van der Waals surface area contributed by atoms with Crippen LogP contribution in [-0.2, 0) is 4.79 Å². The molecule has 0 spiro atoms. The molecule has 0 unspecified atom stereocenters. The van der Waals surface area contributed by atoms with E-state index in [2.05, 4.69) is 5.32 Å². The van der Waals surface area contributed by atoms with E-state index in [9.17, 15) is 4.79 Å². The summed E-state index contributed by atoms with van der Waals surface area (Å²) in [6.45, 7) is 2.72. The maximum absolute atomic E-state index is 12.2. The second-order valence-corrected chi connectivity index (χ2v) is 7.31. The first kappa shape index (κ1) is 17.0. The molecule has 1 amide bonds. The second-order valence-electron chi connectivity index (χ2n) is 5.46. The summed E-state index contributed by atoms with van der Waals surface area (Å²) in [5.41, 5.74) is 0. The lowest BCUT2D eigenvalue weighted by Gasteiger charge is -2.26. The maximum Gasteiger partial charge on any atom is 0.233 e. The van der Waals surface area contributed by atoms with Crippen molar-refractivity contribution in [2.45, 2.75) is 23.2 Å². The summed E-state index contributed by atoms with van der Waals surface area (Å²) in [7, 11) is 0. The number of carbonyl (C=O) groups is 1. The Balaban J connectivity index is 1.48. The lowest BCUT2D eigenvalue weighted by Crippen LogP contribution is -2.42. The minimum Gasteiger partial charge on any atom is -0.486 e. The van der Waals surface area contributed by atoms with E-state index < -0.39 is 0 Å². The van der Waals surface area contributed by atoms with Crippen molar-refractivity contribution in [3.05, 3.63) is 53.6 Å². The molecule has 2 aromatic rings. The van der Waals surface area contributed by atoms with Crippen molar-refractivity contribution in [1.82, 2.24) is 5.32 Å². The van der Waals surface area contributed by atoms with E-state index >= 15 is 0 Å². The Bertz CT molecular complexity index is 708. The van der Waals surface area contributed by atoms with E-state index in [4.69, 9.17) is 21.1 Å². The molecule has 6 heteroatoms. The van der Waals surface area contributed by atoms with Crippen molar-refractivity contribution < 1.29 is 14.3 Å². The van der Waals surface area contributed by atoms with Crippen LogP contribution in [0.4, 0.5) is 0 Å². The summed E-state index contributed by atoms with van der Waals surface area (Å²) in [4.78, 5) is 13.3. The standard InChI is InChI=1S/C18H18ClNO3S/c1-12(24-15-8-6-13(19)7-9-15)18(21)20-10-14-11-22-16-4-2-3-5-17(16)23-14/h2-9,12,14H,10-11H2,1H3,(H,20,21)/t12-,14+/m1/s1. The van der Waals surface area contributed by atoms with Gasteiger partial charge in [-0.3, -0.25) is 4.79 Å². The van der Waals surface area contributed by atoms with Crippen LogP contribution in [0.5, 0.6) is 11.5 Å². The number of fused-ring (bicyclic) bond motifs is 1. The molecule has 2 aromatic carbocycles. The van der Waals surface area contributed by atoms with E-state index in [0.29, 0.717) is 23.9 Å². The van der Waals surface area contributed by atoms with Crippen molar-refractivity contribution >= 4 is 29.3 Å². The number of ether oxygens (including phenoxy) is 2. The Morgan fingerprint density at radius 3 is 2.71 bits per heavy atom. The highest BCUT2D eigenvalue weighted by Gasteiger charge is 2.22. The average Bonchev–Trinajstić information content (AvgIpc) is 2.61. The molecule has 0 fully saturated rings. The van der Waals surface area contributed by atoms with E-state index in [1.807, 2.05) is 55.5 Å². The fourth-order valence-corrected chi connectivity index (χ4v) is 3.31. The van der Waals surface area contributed by atoms with E-state index in [-0.39, 0.29) is 17.3 Å². The molecule has 0 aliphatic carbocycles. The van der Waals surface area contributed by atoms with Gasteiger partial charge in [0.05, 0.1) is 11.8 Å². The fraction of sp³-hybridized carbons (Fsp3) is 0.278. The van der Waals surface area contributed by atoms with Crippen LogP contribution in [-0.4, -0.2) is 30.4 Å². The number of para-hydroxylation sites is 2. The minimum absolute atomic E-state index is 0.0302. The first-order valence-electron chi connectivity index (χ1n) is 7.70. The molecule has 0 bridgehead atoms. The number of carbonyl (C=O) groups excluding carboxylic acids is 1. The lowest BCUT2D eigenvalue weighted by molar-refractivity contribution is -0.120. The molecule has 4 nitrogen and oxygen atoms in total. The van der Waals surface area contributed by atoms with Gasteiger partial charge in [0.2, 0.25) is 5.91 Å². The molecule has 0 saturated carbocycles. The van der Waals surface area contributed by atoms with Crippen LogP contribution in [0.15, 0.2) is 53.4 Å². The molecule has 126 valence electrons. The quantitative estimate of drug-likeness (QED) is 0.821. The molecular formula is C18H18ClNO3S. The fourth-order valence-electron chi connectivity index (χ4n) is 2.29. The van der Waals surface area contributed by atoms with Gasteiger partial charge in [0, 0.05) is 9.92 Å². The number of benzene rings is 2. The third-order valence-corrected chi connectivity index (χ3v) is 4.93. The minimum atomic E-state index is -0.206. The highest BCUT2D eigenvalue weighted by atomic mass is 35.5. The smallest absolute Gasteiger partial charge is 0.233 e. The molecule has 0 saturated heterocycles. The topological polar surface area (TPSA) is 47.6 Å². The van der Waals surface area contributed by atoms with Crippen LogP contribution >= 0.6 is 23.4 Å². The molecule has 2 atom stereocenters. The Morgan fingerprint density at radius 2 is 1.96 bits per heavy atom. The Kier molecular flexibility index (Phi) is 5.53. The molecule has 1 N–H and O–H groups in total. The van der Waals surface area contributed by atoms with Gasteiger partial charge in [0.15, 0.2) is 11.5 Å². The van der Waals surface area contributed by atoms with Gasteiger partial charge in [0.25, 0.3) is 0 Å². The summed E-state index contributed by atoms with van der Waals surface area (Å²) in [6.07, 6.45) is -0.184. The van der Waals surface area contributed by atoms with Gasteiger partial charge in [-0.2, -0.15) is 0 Å². The molecule has 0 radical (unpaired) electrons. The van der Waals surface area contributed by atoms with Crippen LogP contribution in [0.1, 0.15) is 6.92 Å². The largest absolute Gasteiger partial charge is 0.486 e. The predicted molar refractivity (Wildman–Crippen MR) is 96.1 cm³/mol. The summed E-state index contributed by atoms with van der Waals surface area (Å²) in [5.74, 6) is 1.43. The molecule has 1 aliphatic rings. The van der Waals surface area contributed by atoms with Gasteiger partial charge in [-0.05, 0) is 43.3 Å². The summed E-state index contributed by atoms with van der Waals surface area (Å²) < 4.78 is 11.5. The Hall–Kier alpha value is -1.85. The monoisotopic (exact) mass is 363 g/mol. The van der Waals surface area contributed by atoms with Crippen molar-refractivity contribution in [2.24, 2.45) is 0 Å². The third kappa shape index (κ3) is 4.36. The van der Waals surface area contributed by atoms with Crippen LogP contribution in [0.2, 0.25) is 5.02 Å². The predicted octanol–water partition coefficient (Wildman–Crippen LogP) is 3.78. The maximum atomic E-state index is 12.2. The molecule has 1 heterocycles. The van der Waals surface area contributed by atoms with Crippen LogP contribution < -0.4 is 14.8 Å². The first-order valence-corrected chi connectivity index (χ1v) is 8.96. The van der Waals surface area contributed by atoms with Crippen LogP contribution in [0.3, 0.4) is 0 Å². The second kappa shape index (κ2) is 7.81. The number of hydrogen-bond acceptors (Lipinski definition) is 4. The van der Waals surface area contributed by atoms with Gasteiger partial charge >= 0.3 is 0 Å². The van der Waals surface area contributed by atoms with Gasteiger partial charge in [0.1, 0.15) is 12.7 Å². The molecule has 24 heavy (non-hydrogen) atoms. The summed E-state index contributed by atoms with van der Waals surface area (Å²) in [6, 6.07) is 15.0. The lowest BCUT2D eigenvalue weighted by atomic mass is 10.2. The van der Waals surface area contributed by atoms with Crippen LogP contribution in [0, 0.1) is 0 Å². The van der Waals surface area contributed by atoms with Crippen molar-refractivity contribution in [2.75, 3.05) is 13.2 Å². The molecular weight excluding hydrogens is 346 g/mol. The Morgan fingerprint density at radius 1 is 1.25 bits per heavy atom. The van der Waals surface area contributed by atoms with Gasteiger partial charge in [-0.25, -0.2) is 0 Å². The van der Waals surface area contributed by atoms with Crippen molar-refractivity contribution in [1.29, 1.82) is 0 Å². The zero-order chi connectivity index (χ0) is 16.9. The number of hydrogen-bond donors (Lipinski definition) is 1. The van der Waals surface area contributed by atoms with E-state index in [1.54, 1.807) is 0 Å². The molecule has 1 aliphatic heterocycles. The highest BCUT2D eigenvalue weighted by Crippen LogP contribution is 2.30. The first-order chi connectivity index (χ1) is 11.6. The molecule has 3 rings (SSSR count). The van der Waals surface area contributed by atoms with Gasteiger partial charge in [-0.15, -0.1) is 11.8 Å².